The fourth-order valence-corrected chi connectivity index (χ4v) is 5.62. The zero-order valence-electron chi connectivity index (χ0n) is 17.7. The van der Waals surface area contributed by atoms with Gasteiger partial charge < -0.3 is 10.4 Å². The van der Waals surface area contributed by atoms with Gasteiger partial charge in [0.15, 0.2) is 0 Å². The Morgan fingerprint density at radius 1 is 0.971 bits per heavy atom. The molecule has 35 heavy (non-hydrogen) atoms. The molecule has 0 fully saturated rings. The molecule has 4 rings (SSSR count). The van der Waals surface area contributed by atoms with Gasteiger partial charge in [-0.2, -0.15) is 18.4 Å². The number of benzene rings is 4. The number of phenols is 1. The number of nitriles is 1. The summed E-state index contributed by atoms with van der Waals surface area (Å²) in [5, 5.41) is 24.2. The lowest BCUT2D eigenvalue weighted by Crippen LogP contribution is -2.16. The van der Waals surface area contributed by atoms with Crippen molar-refractivity contribution in [3.63, 3.8) is 0 Å². The van der Waals surface area contributed by atoms with Crippen LogP contribution in [0.15, 0.2) is 72.8 Å². The van der Waals surface area contributed by atoms with E-state index in [-0.39, 0.29) is 22.6 Å². The Hall–Kier alpha value is -2.85. The van der Waals surface area contributed by atoms with Crippen molar-refractivity contribution >= 4 is 67.5 Å². The number of anilines is 1. The molecule has 0 aliphatic rings. The van der Waals surface area contributed by atoms with Crippen molar-refractivity contribution in [3.8, 4) is 11.8 Å². The first-order chi connectivity index (χ1) is 16.6. The van der Waals surface area contributed by atoms with Crippen LogP contribution in [-0.2, 0) is 6.18 Å². The second kappa shape index (κ2) is 10.0. The largest absolute Gasteiger partial charge is 0.506 e. The molecule has 1 amide bonds. The van der Waals surface area contributed by atoms with Gasteiger partial charge in [0.05, 0.1) is 26.7 Å². The Balaban J connectivity index is 1.74. The molecule has 4 aromatic rings. The number of rotatable bonds is 4. The first-order valence-corrected chi connectivity index (χ1v) is 12.3. The number of halogens is 5. The average molecular weight is 698 g/mol. The van der Waals surface area contributed by atoms with E-state index in [1.807, 2.05) is 75.5 Å². The molecule has 0 spiro atoms. The zero-order chi connectivity index (χ0) is 25.3. The maximum atomic E-state index is 14.1. The van der Waals surface area contributed by atoms with Gasteiger partial charge >= 0.3 is 6.18 Å². The van der Waals surface area contributed by atoms with Crippen molar-refractivity contribution in [2.45, 2.75) is 12.1 Å². The molecule has 0 bridgehead atoms. The van der Waals surface area contributed by atoms with Gasteiger partial charge in [-0.25, -0.2) is 0 Å². The molecule has 0 heterocycles. The lowest BCUT2D eigenvalue weighted by Gasteiger charge is -2.19. The molecule has 0 aromatic heterocycles. The van der Waals surface area contributed by atoms with Crippen molar-refractivity contribution in [1.29, 1.82) is 5.26 Å². The second-order valence-electron chi connectivity index (χ2n) is 7.71. The summed E-state index contributed by atoms with van der Waals surface area (Å²) in [7, 11) is 0. The molecule has 2 N–H and O–H groups in total. The minimum atomic E-state index is -4.76. The van der Waals surface area contributed by atoms with E-state index in [0.717, 1.165) is 16.8 Å². The summed E-state index contributed by atoms with van der Waals surface area (Å²) < 4.78 is 43.3. The average Bonchev–Trinajstić information content (AvgIpc) is 2.81. The molecule has 4 aromatic carbocycles. The van der Waals surface area contributed by atoms with Gasteiger partial charge in [-0.15, -0.1) is 0 Å². The van der Waals surface area contributed by atoms with E-state index in [1.165, 1.54) is 18.2 Å². The maximum Gasteiger partial charge on any atom is 0.416 e. The summed E-state index contributed by atoms with van der Waals surface area (Å²) in [6, 6.07) is 21.0. The van der Waals surface area contributed by atoms with Crippen LogP contribution < -0.4 is 5.32 Å². The first kappa shape index (κ1) is 25.2. The maximum absolute atomic E-state index is 14.1. The highest BCUT2D eigenvalue weighted by Gasteiger charge is 2.36. The molecule has 1 atom stereocenters. The summed E-state index contributed by atoms with van der Waals surface area (Å²) in [6.45, 7) is 0. The molecule has 9 heteroatoms. The van der Waals surface area contributed by atoms with Crippen LogP contribution in [0.3, 0.4) is 0 Å². The number of hydrogen-bond acceptors (Lipinski definition) is 3. The number of alkyl halides is 3. The number of hydrogen-bond donors (Lipinski definition) is 2. The van der Waals surface area contributed by atoms with Gasteiger partial charge in [0, 0.05) is 9.26 Å². The van der Waals surface area contributed by atoms with Gasteiger partial charge in [0.25, 0.3) is 5.91 Å². The lowest BCUT2D eigenvalue weighted by molar-refractivity contribution is -0.138. The summed E-state index contributed by atoms with van der Waals surface area (Å²) in [4.78, 5) is 12.7. The highest BCUT2D eigenvalue weighted by Crippen LogP contribution is 2.39. The lowest BCUT2D eigenvalue weighted by atomic mass is 9.87. The Morgan fingerprint density at radius 3 is 2.37 bits per heavy atom. The Bertz CT molecular complexity index is 1500. The van der Waals surface area contributed by atoms with E-state index in [4.69, 9.17) is 0 Å². The highest BCUT2D eigenvalue weighted by molar-refractivity contribution is 14.1. The standard InChI is InChI=1S/C26H15F3I2N2O2/c27-26(28,29)22-12-18(33-25(35)20-10-17(30)11-23(31)24(20)34)7-8-19(22)21(13-32)16-6-5-14-3-1-2-4-15(14)9-16/h1-12,21,34H,(H,33,35). The van der Waals surface area contributed by atoms with E-state index in [0.29, 0.717) is 12.7 Å². The van der Waals surface area contributed by atoms with Gasteiger partial charge in [-0.05, 0) is 97.4 Å². The summed E-state index contributed by atoms with van der Waals surface area (Å²) in [5.41, 5.74) is -0.942. The van der Waals surface area contributed by atoms with Gasteiger partial charge in [-0.3, -0.25) is 4.79 Å². The van der Waals surface area contributed by atoms with E-state index in [1.54, 1.807) is 24.3 Å². The summed E-state index contributed by atoms with van der Waals surface area (Å²) in [5.74, 6) is -2.16. The van der Waals surface area contributed by atoms with E-state index < -0.39 is 23.6 Å². The number of carbonyl (C=O) groups excluding carboxylic acids is 1. The molecule has 0 radical (unpaired) electrons. The van der Waals surface area contributed by atoms with Crippen LogP contribution in [0.25, 0.3) is 10.8 Å². The molecular weight excluding hydrogens is 683 g/mol. The normalized spacial score (nSPS) is 12.2. The third-order valence-electron chi connectivity index (χ3n) is 5.44. The number of fused-ring (bicyclic) bond motifs is 1. The predicted octanol–water partition coefficient (Wildman–Crippen LogP) is 7.68. The van der Waals surface area contributed by atoms with Crippen molar-refractivity contribution < 1.29 is 23.1 Å². The fourth-order valence-electron chi connectivity index (χ4n) is 3.78. The smallest absolute Gasteiger partial charge is 0.416 e. The molecule has 0 saturated carbocycles. The summed E-state index contributed by atoms with van der Waals surface area (Å²) >= 11 is 3.85. The molecular formula is C26H15F3I2N2O2. The van der Waals surface area contributed by atoms with Crippen LogP contribution in [0.5, 0.6) is 5.75 Å². The molecule has 176 valence electrons. The minimum absolute atomic E-state index is 0.0509. The molecule has 0 aliphatic carbocycles. The van der Waals surface area contributed by atoms with E-state index in [2.05, 4.69) is 5.32 Å². The number of amides is 1. The van der Waals surface area contributed by atoms with Gasteiger partial charge in [0.2, 0.25) is 0 Å². The molecule has 0 saturated heterocycles. The van der Waals surface area contributed by atoms with Crippen LogP contribution in [0.1, 0.15) is 33.0 Å². The second-order valence-corrected chi connectivity index (χ2v) is 10.1. The van der Waals surface area contributed by atoms with Crippen LogP contribution in [0, 0.1) is 18.5 Å². The monoisotopic (exact) mass is 698 g/mol. The number of nitrogens with zero attached hydrogens (tertiary/aromatic N) is 1. The minimum Gasteiger partial charge on any atom is -0.506 e. The quantitative estimate of drug-likeness (QED) is 0.215. The number of nitrogens with one attached hydrogen (secondary N) is 1. The number of carbonyl (C=O) groups is 1. The Labute approximate surface area is 226 Å². The van der Waals surface area contributed by atoms with Crippen molar-refractivity contribution in [1.82, 2.24) is 0 Å². The van der Waals surface area contributed by atoms with Crippen LogP contribution >= 0.6 is 45.2 Å². The van der Waals surface area contributed by atoms with E-state index in [9.17, 15) is 28.3 Å². The Kier molecular flexibility index (Phi) is 7.23. The topological polar surface area (TPSA) is 73.1 Å². The zero-order valence-corrected chi connectivity index (χ0v) is 22.0. The third-order valence-corrected chi connectivity index (χ3v) is 6.88. The first-order valence-electron chi connectivity index (χ1n) is 10.2. The van der Waals surface area contributed by atoms with Crippen LogP contribution in [0.4, 0.5) is 18.9 Å². The van der Waals surface area contributed by atoms with E-state index >= 15 is 0 Å². The van der Waals surface area contributed by atoms with Crippen molar-refractivity contribution in [2.24, 2.45) is 0 Å². The molecule has 0 aliphatic heterocycles. The molecule has 1 unspecified atom stereocenters. The van der Waals surface area contributed by atoms with Crippen molar-refractivity contribution in [3.05, 3.63) is 102 Å². The number of aromatic hydroxyl groups is 1. The van der Waals surface area contributed by atoms with Crippen LogP contribution in [0.2, 0.25) is 0 Å². The predicted molar refractivity (Wildman–Crippen MR) is 144 cm³/mol. The summed E-state index contributed by atoms with van der Waals surface area (Å²) in [6.07, 6.45) is -4.76. The highest BCUT2D eigenvalue weighted by atomic mass is 127. The third kappa shape index (κ3) is 5.38. The number of phenolic OH excluding ortho intramolecular Hbond substituents is 1. The SMILES string of the molecule is N#CC(c1ccc2ccccc2c1)c1ccc(NC(=O)c2cc(I)cc(I)c2O)cc1C(F)(F)F. The van der Waals surface area contributed by atoms with Gasteiger partial charge in [0.1, 0.15) is 5.75 Å². The van der Waals surface area contributed by atoms with Crippen molar-refractivity contribution in [2.75, 3.05) is 5.32 Å². The van der Waals surface area contributed by atoms with Gasteiger partial charge in [-0.1, -0.05) is 42.5 Å². The Morgan fingerprint density at radius 2 is 1.69 bits per heavy atom. The fraction of sp³-hybridized carbons (Fsp3) is 0.0769. The van der Waals surface area contributed by atoms with Crippen LogP contribution in [-0.4, -0.2) is 11.0 Å². The molecule has 4 nitrogen and oxygen atoms in total.